The van der Waals surface area contributed by atoms with Crippen LogP contribution in [-0.2, 0) is 19.7 Å². The lowest BCUT2D eigenvalue weighted by atomic mass is 9.44. The van der Waals surface area contributed by atoms with Crippen LogP contribution in [0.25, 0.3) is 0 Å². The largest absolute Gasteiger partial charge is 0.393 e. The van der Waals surface area contributed by atoms with Gasteiger partial charge in [-0.15, -0.1) is 0 Å². The second-order valence-electron chi connectivity index (χ2n) is 12.5. The molecule has 4 aliphatic rings. The van der Waals surface area contributed by atoms with Gasteiger partial charge in [0, 0.05) is 25.3 Å². The van der Waals surface area contributed by atoms with Crippen molar-refractivity contribution in [1.29, 1.82) is 0 Å². The molecule has 8 heteroatoms. The van der Waals surface area contributed by atoms with Gasteiger partial charge in [-0.1, -0.05) is 20.8 Å². The van der Waals surface area contributed by atoms with Gasteiger partial charge in [-0.2, -0.15) is 8.42 Å². The van der Waals surface area contributed by atoms with Crippen molar-refractivity contribution in [1.82, 2.24) is 0 Å². The Bertz CT molecular complexity index is 920. The van der Waals surface area contributed by atoms with Crippen LogP contribution in [0.1, 0.15) is 85.0 Å². The molecule has 194 valence electrons. The van der Waals surface area contributed by atoms with E-state index in [1.54, 1.807) is 0 Å². The zero-order valence-electron chi connectivity index (χ0n) is 20.9. The highest BCUT2D eigenvalue weighted by Crippen LogP contribution is 2.67. The number of nitrogens with two attached hydrogens (primary N) is 1. The highest BCUT2D eigenvalue weighted by atomic mass is 32.2. The molecule has 4 rings (SSSR count). The molecule has 0 saturated heterocycles. The quantitative estimate of drug-likeness (QED) is 0.459. The molecule has 0 aromatic carbocycles. The summed E-state index contributed by atoms with van der Waals surface area (Å²) in [6, 6.07) is 0. The van der Waals surface area contributed by atoms with Crippen molar-refractivity contribution in [3.63, 3.8) is 0 Å². The molecule has 0 heterocycles. The van der Waals surface area contributed by atoms with Gasteiger partial charge in [0.05, 0.1) is 6.10 Å². The summed E-state index contributed by atoms with van der Waals surface area (Å²) in [6.07, 6.45) is 7.79. The number of aliphatic hydroxyl groups excluding tert-OH is 1. The Kier molecular flexibility index (Phi) is 7.13. The lowest BCUT2D eigenvalue weighted by Crippen LogP contribution is -2.57. The average Bonchev–Trinajstić information content (AvgIpc) is 3.10. The summed E-state index contributed by atoms with van der Waals surface area (Å²) in [5, 5.41) is 8.69. The normalized spacial score (nSPS) is 44.0. The first-order valence-electron chi connectivity index (χ1n) is 13.2. The monoisotopic (exact) mass is 497 g/mol. The third kappa shape index (κ3) is 4.31. The van der Waals surface area contributed by atoms with Gasteiger partial charge in [0.15, 0.2) is 11.0 Å². The fraction of sp³-hybridized carbons (Fsp3) is 0.923. The Morgan fingerprint density at radius 1 is 1.12 bits per heavy atom. The summed E-state index contributed by atoms with van der Waals surface area (Å²) in [5.41, 5.74) is 5.62. The minimum atomic E-state index is -4.48. The number of carbonyl (C=O) groups is 2. The molecule has 4 saturated carbocycles. The summed E-state index contributed by atoms with van der Waals surface area (Å²) in [7, 11) is -4.48. The van der Waals surface area contributed by atoms with E-state index < -0.39 is 27.7 Å². The summed E-state index contributed by atoms with van der Waals surface area (Å²) >= 11 is 0. The fourth-order valence-corrected chi connectivity index (χ4v) is 9.73. The van der Waals surface area contributed by atoms with Crippen LogP contribution in [0.3, 0.4) is 0 Å². The Morgan fingerprint density at radius 3 is 2.41 bits per heavy atom. The van der Waals surface area contributed by atoms with Crippen LogP contribution >= 0.6 is 0 Å². The Labute approximate surface area is 204 Å². The second kappa shape index (κ2) is 9.24. The van der Waals surface area contributed by atoms with Gasteiger partial charge in [-0.05, 0) is 91.8 Å². The molecule has 0 spiro atoms. The van der Waals surface area contributed by atoms with Crippen molar-refractivity contribution in [2.24, 2.45) is 52.1 Å². The van der Waals surface area contributed by atoms with Gasteiger partial charge in [0.25, 0.3) is 10.1 Å². The fourth-order valence-electron chi connectivity index (χ4n) is 9.04. The topological polar surface area (TPSA) is 135 Å². The number of hydrogen-bond donors (Lipinski definition) is 3. The van der Waals surface area contributed by atoms with Crippen LogP contribution in [0.5, 0.6) is 0 Å². The van der Waals surface area contributed by atoms with E-state index in [1.807, 2.05) is 0 Å². The molecule has 0 aromatic heterocycles. The number of ketones is 2. The molecule has 34 heavy (non-hydrogen) atoms. The van der Waals surface area contributed by atoms with Gasteiger partial charge >= 0.3 is 0 Å². The molecular weight excluding hydrogens is 454 g/mol. The van der Waals surface area contributed by atoms with Crippen molar-refractivity contribution in [3.05, 3.63) is 0 Å². The molecule has 10 atom stereocenters. The summed E-state index contributed by atoms with van der Waals surface area (Å²) < 4.78 is 32.2. The third-order valence-electron chi connectivity index (χ3n) is 11.0. The van der Waals surface area contributed by atoms with Gasteiger partial charge in [-0.25, -0.2) is 0 Å². The SMILES string of the molecule is C[C@H](CCC(=O)C(CN)S(=O)(=O)O)[C@H]1CCC2C3C(=O)CC4CC(O)CC[C@]4(C)C3CC[C@@]21C. The maximum Gasteiger partial charge on any atom is 0.276 e. The molecule has 6 unspecified atom stereocenters. The number of hydrogen-bond acceptors (Lipinski definition) is 6. The van der Waals surface area contributed by atoms with E-state index in [9.17, 15) is 27.7 Å². The standard InChI is InChI=1S/C26H43NO6S/c1-15(4-7-21(29)23(14-27)34(31,32)33)18-5-6-19-24-20(9-11-26(18,19)3)25(2)10-8-17(28)12-16(25)13-22(24)30/h15-20,23-24,28H,4-14,27H2,1-3H3,(H,31,32,33)/t15-,16?,17?,18-,19?,20?,23?,24?,25+,26-/m1/s1. The zero-order chi connectivity index (χ0) is 25.1. The summed E-state index contributed by atoms with van der Waals surface area (Å²) in [6.45, 7) is 6.46. The second-order valence-corrected chi connectivity index (χ2v) is 14.1. The molecule has 4 aliphatic carbocycles. The first-order chi connectivity index (χ1) is 15.8. The lowest BCUT2D eigenvalue weighted by molar-refractivity contribution is -0.160. The van der Waals surface area contributed by atoms with Crippen LogP contribution in [0.2, 0.25) is 0 Å². The summed E-state index contributed by atoms with van der Waals surface area (Å²) in [5.74, 6) is 1.68. The maximum atomic E-state index is 13.5. The number of carbonyl (C=O) groups excluding carboxylic acids is 2. The number of aliphatic hydroxyl groups is 1. The Morgan fingerprint density at radius 2 is 1.76 bits per heavy atom. The van der Waals surface area contributed by atoms with Gasteiger partial charge in [-0.3, -0.25) is 14.1 Å². The maximum absolute atomic E-state index is 13.5. The zero-order valence-corrected chi connectivity index (χ0v) is 21.7. The van der Waals surface area contributed by atoms with E-state index >= 15 is 0 Å². The molecule has 0 aliphatic heterocycles. The van der Waals surface area contributed by atoms with E-state index in [4.69, 9.17) is 5.73 Å². The number of Topliss-reactive ketones (excluding diaryl/α,β-unsaturated/α-hetero) is 2. The average molecular weight is 498 g/mol. The lowest BCUT2D eigenvalue weighted by Gasteiger charge is -2.60. The van der Waals surface area contributed by atoms with Crippen LogP contribution in [-0.4, -0.2) is 47.5 Å². The highest BCUT2D eigenvalue weighted by molar-refractivity contribution is 7.87. The van der Waals surface area contributed by atoms with Crippen LogP contribution in [0, 0.1) is 46.3 Å². The van der Waals surface area contributed by atoms with Crippen LogP contribution < -0.4 is 5.73 Å². The highest BCUT2D eigenvalue weighted by Gasteiger charge is 2.63. The van der Waals surface area contributed by atoms with Crippen LogP contribution in [0.15, 0.2) is 0 Å². The van der Waals surface area contributed by atoms with Gasteiger partial charge < -0.3 is 10.8 Å². The van der Waals surface area contributed by atoms with E-state index in [1.165, 1.54) is 0 Å². The molecular formula is C26H43NO6S. The summed E-state index contributed by atoms with van der Waals surface area (Å²) in [4.78, 5) is 25.9. The van der Waals surface area contributed by atoms with Gasteiger partial charge in [0.1, 0.15) is 5.78 Å². The number of rotatable bonds is 7. The van der Waals surface area contributed by atoms with Crippen molar-refractivity contribution in [2.75, 3.05) is 6.54 Å². The van der Waals surface area contributed by atoms with Crippen LogP contribution in [0.4, 0.5) is 0 Å². The van der Waals surface area contributed by atoms with E-state index in [0.717, 1.165) is 44.9 Å². The van der Waals surface area contributed by atoms with Crippen molar-refractivity contribution in [3.8, 4) is 0 Å². The molecule has 4 fully saturated rings. The molecule has 0 bridgehead atoms. The van der Waals surface area contributed by atoms with E-state index in [0.29, 0.717) is 42.3 Å². The van der Waals surface area contributed by atoms with Crippen molar-refractivity contribution in [2.45, 2.75) is 96.3 Å². The van der Waals surface area contributed by atoms with Crippen molar-refractivity contribution >= 4 is 21.7 Å². The smallest absolute Gasteiger partial charge is 0.276 e. The molecule has 0 amide bonds. The number of fused-ring (bicyclic) bond motifs is 5. The minimum absolute atomic E-state index is 0.0486. The van der Waals surface area contributed by atoms with E-state index in [2.05, 4.69) is 20.8 Å². The predicted octanol–water partition coefficient (Wildman–Crippen LogP) is 3.39. The molecule has 7 nitrogen and oxygen atoms in total. The van der Waals surface area contributed by atoms with E-state index in [-0.39, 0.29) is 35.2 Å². The first kappa shape index (κ1) is 26.2. The molecule has 0 aromatic rings. The minimum Gasteiger partial charge on any atom is -0.393 e. The third-order valence-corrected chi connectivity index (χ3v) is 12.2. The molecule has 0 radical (unpaired) electrons. The van der Waals surface area contributed by atoms with Gasteiger partial charge in [0.2, 0.25) is 0 Å². The Balaban J connectivity index is 1.47. The first-order valence-corrected chi connectivity index (χ1v) is 14.7. The molecule has 4 N–H and O–H groups in total. The Hall–Kier alpha value is -0.830. The van der Waals surface area contributed by atoms with Crippen molar-refractivity contribution < 1.29 is 27.7 Å². The predicted molar refractivity (Wildman–Crippen MR) is 129 cm³/mol.